The van der Waals surface area contributed by atoms with E-state index in [4.69, 9.17) is 4.74 Å². The Hall–Kier alpha value is -1.24. The molecule has 1 heterocycles. The van der Waals surface area contributed by atoms with Gasteiger partial charge in [0.05, 0.1) is 13.2 Å². The molecule has 1 aromatic carbocycles. The van der Waals surface area contributed by atoms with Crippen LogP contribution in [-0.2, 0) is 11.3 Å². The first-order valence-corrected chi connectivity index (χ1v) is 7.66. The van der Waals surface area contributed by atoms with Crippen molar-refractivity contribution in [2.45, 2.75) is 19.6 Å². The zero-order valence-electron chi connectivity index (χ0n) is 13.0. The fraction of sp³-hybridized carbons (Fsp3) is 0.625. The molecule has 22 heavy (non-hydrogen) atoms. The average Bonchev–Trinajstić information content (AvgIpc) is 2.50. The molecule has 1 fully saturated rings. The van der Waals surface area contributed by atoms with Crippen molar-refractivity contribution in [2.24, 2.45) is 0 Å². The number of rotatable bonds is 8. The predicted octanol–water partition coefficient (Wildman–Crippen LogP) is 2.44. The van der Waals surface area contributed by atoms with E-state index in [1.807, 2.05) is 12.1 Å². The summed E-state index contributed by atoms with van der Waals surface area (Å²) in [7, 11) is 2.07. The van der Waals surface area contributed by atoms with Gasteiger partial charge in [-0.25, -0.2) is 0 Å². The molecule has 0 N–H and O–H groups in total. The van der Waals surface area contributed by atoms with Gasteiger partial charge in [-0.15, -0.1) is 0 Å². The van der Waals surface area contributed by atoms with Gasteiger partial charge in [-0.1, -0.05) is 12.1 Å². The first kappa shape index (κ1) is 17.1. The second-order valence-electron chi connectivity index (χ2n) is 5.57. The van der Waals surface area contributed by atoms with Gasteiger partial charge in [0.25, 0.3) is 0 Å². The Kier molecular flexibility index (Phi) is 7.02. The summed E-state index contributed by atoms with van der Waals surface area (Å²) in [5.74, 6) is 0.203. The second-order valence-corrected chi connectivity index (χ2v) is 5.57. The summed E-state index contributed by atoms with van der Waals surface area (Å²) in [4.78, 5) is 4.66. The molecule has 2 rings (SSSR count). The summed E-state index contributed by atoms with van der Waals surface area (Å²) in [6.45, 7) is 3.85. The molecular formula is C16H24F2N2O2. The Morgan fingerprint density at radius 3 is 2.55 bits per heavy atom. The highest BCUT2D eigenvalue weighted by Gasteiger charge is 2.10. The Morgan fingerprint density at radius 1 is 1.23 bits per heavy atom. The number of halogens is 2. The molecule has 0 aliphatic carbocycles. The number of morpholine rings is 1. The fourth-order valence-electron chi connectivity index (χ4n) is 2.56. The van der Waals surface area contributed by atoms with E-state index in [9.17, 15) is 8.78 Å². The van der Waals surface area contributed by atoms with Crippen LogP contribution >= 0.6 is 0 Å². The van der Waals surface area contributed by atoms with Gasteiger partial charge in [-0.2, -0.15) is 8.78 Å². The number of hydrogen-bond acceptors (Lipinski definition) is 4. The average molecular weight is 314 g/mol. The number of hydrogen-bond donors (Lipinski definition) is 0. The van der Waals surface area contributed by atoms with Gasteiger partial charge in [-0.3, -0.25) is 4.90 Å². The number of alkyl halides is 2. The van der Waals surface area contributed by atoms with Crippen LogP contribution in [0.2, 0.25) is 0 Å². The van der Waals surface area contributed by atoms with Crippen LogP contribution in [-0.4, -0.2) is 62.9 Å². The molecule has 0 radical (unpaired) electrons. The molecule has 0 saturated carbocycles. The summed E-state index contributed by atoms with van der Waals surface area (Å²) < 4.78 is 33.8. The van der Waals surface area contributed by atoms with Gasteiger partial charge in [0, 0.05) is 19.6 Å². The Bertz CT molecular complexity index is 423. The molecule has 0 aromatic heterocycles. The highest BCUT2D eigenvalue weighted by atomic mass is 19.3. The molecule has 0 unspecified atom stereocenters. The zero-order chi connectivity index (χ0) is 15.8. The third-order valence-electron chi connectivity index (χ3n) is 3.72. The number of ether oxygens (including phenoxy) is 2. The first-order valence-electron chi connectivity index (χ1n) is 7.66. The topological polar surface area (TPSA) is 24.9 Å². The third-order valence-corrected chi connectivity index (χ3v) is 3.72. The van der Waals surface area contributed by atoms with Crippen LogP contribution in [0.1, 0.15) is 12.0 Å². The van der Waals surface area contributed by atoms with Gasteiger partial charge >= 0.3 is 6.61 Å². The van der Waals surface area contributed by atoms with E-state index < -0.39 is 6.61 Å². The van der Waals surface area contributed by atoms with E-state index in [1.165, 1.54) is 0 Å². The molecule has 1 aliphatic rings. The van der Waals surface area contributed by atoms with Crippen molar-refractivity contribution >= 4 is 0 Å². The van der Waals surface area contributed by atoms with E-state index in [0.717, 1.165) is 57.9 Å². The molecule has 6 heteroatoms. The first-order chi connectivity index (χ1) is 10.6. The van der Waals surface area contributed by atoms with Crippen molar-refractivity contribution in [2.75, 3.05) is 46.4 Å². The molecule has 124 valence electrons. The van der Waals surface area contributed by atoms with E-state index >= 15 is 0 Å². The normalized spacial score (nSPS) is 16.4. The lowest BCUT2D eigenvalue weighted by atomic mass is 10.2. The number of nitrogens with zero attached hydrogens (tertiary/aromatic N) is 2. The van der Waals surface area contributed by atoms with E-state index in [2.05, 4.69) is 21.6 Å². The van der Waals surface area contributed by atoms with Crippen LogP contribution in [0, 0.1) is 0 Å². The van der Waals surface area contributed by atoms with E-state index in [1.54, 1.807) is 12.1 Å². The van der Waals surface area contributed by atoms with Crippen LogP contribution < -0.4 is 4.74 Å². The smallest absolute Gasteiger partial charge is 0.387 e. The van der Waals surface area contributed by atoms with Gasteiger partial charge < -0.3 is 14.4 Å². The molecule has 0 amide bonds. The van der Waals surface area contributed by atoms with Crippen LogP contribution in [0.5, 0.6) is 5.75 Å². The molecular weight excluding hydrogens is 290 g/mol. The Balaban J connectivity index is 1.66. The van der Waals surface area contributed by atoms with Crippen LogP contribution in [0.25, 0.3) is 0 Å². The molecule has 1 aliphatic heterocycles. The standard InChI is InChI=1S/C16H24F2N2O2/c1-19(7-2-8-20-9-11-21-12-10-20)13-14-3-5-15(6-4-14)22-16(17)18/h3-6,16H,2,7-13H2,1H3. The lowest BCUT2D eigenvalue weighted by Crippen LogP contribution is -2.37. The SMILES string of the molecule is CN(CCCN1CCOCC1)Cc1ccc(OC(F)F)cc1. The Morgan fingerprint density at radius 2 is 1.91 bits per heavy atom. The van der Waals surface area contributed by atoms with Crippen molar-refractivity contribution in [1.82, 2.24) is 9.80 Å². The second kappa shape index (κ2) is 9.02. The summed E-state index contributed by atoms with van der Waals surface area (Å²) in [5, 5.41) is 0. The summed E-state index contributed by atoms with van der Waals surface area (Å²) in [5.41, 5.74) is 1.09. The fourth-order valence-corrected chi connectivity index (χ4v) is 2.56. The summed E-state index contributed by atoms with van der Waals surface area (Å²) in [6, 6.07) is 6.83. The summed E-state index contributed by atoms with van der Waals surface area (Å²) in [6.07, 6.45) is 1.11. The van der Waals surface area contributed by atoms with Crippen molar-refractivity contribution in [1.29, 1.82) is 0 Å². The van der Waals surface area contributed by atoms with E-state index in [0.29, 0.717) is 0 Å². The Labute approximate surface area is 130 Å². The predicted molar refractivity (Wildman–Crippen MR) is 81.3 cm³/mol. The largest absolute Gasteiger partial charge is 0.435 e. The van der Waals surface area contributed by atoms with E-state index in [-0.39, 0.29) is 5.75 Å². The van der Waals surface area contributed by atoms with Crippen molar-refractivity contribution in [3.8, 4) is 5.75 Å². The maximum absolute atomic E-state index is 12.1. The van der Waals surface area contributed by atoms with Gasteiger partial charge in [0.1, 0.15) is 5.75 Å². The molecule has 0 bridgehead atoms. The molecule has 1 saturated heterocycles. The van der Waals surface area contributed by atoms with Crippen LogP contribution in [0.15, 0.2) is 24.3 Å². The monoisotopic (exact) mass is 314 g/mol. The lowest BCUT2D eigenvalue weighted by molar-refractivity contribution is -0.0498. The third kappa shape index (κ3) is 6.25. The zero-order valence-corrected chi connectivity index (χ0v) is 13.0. The molecule has 1 aromatic rings. The molecule has 0 atom stereocenters. The van der Waals surface area contributed by atoms with Crippen LogP contribution in [0.4, 0.5) is 8.78 Å². The van der Waals surface area contributed by atoms with Gasteiger partial charge in [0.2, 0.25) is 0 Å². The maximum atomic E-state index is 12.1. The highest BCUT2D eigenvalue weighted by molar-refractivity contribution is 5.27. The van der Waals surface area contributed by atoms with Crippen molar-refractivity contribution < 1.29 is 18.3 Å². The quantitative estimate of drug-likeness (QED) is 0.736. The number of benzene rings is 1. The summed E-state index contributed by atoms with van der Waals surface area (Å²) >= 11 is 0. The minimum absolute atomic E-state index is 0.203. The van der Waals surface area contributed by atoms with Crippen molar-refractivity contribution in [3.05, 3.63) is 29.8 Å². The lowest BCUT2D eigenvalue weighted by Gasteiger charge is -2.27. The minimum atomic E-state index is -2.77. The molecule has 0 spiro atoms. The van der Waals surface area contributed by atoms with Crippen molar-refractivity contribution in [3.63, 3.8) is 0 Å². The maximum Gasteiger partial charge on any atom is 0.387 e. The van der Waals surface area contributed by atoms with Gasteiger partial charge in [0.15, 0.2) is 0 Å². The minimum Gasteiger partial charge on any atom is -0.435 e. The molecule has 4 nitrogen and oxygen atoms in total. The van der Waals surface area contributed by atoms with Gasteiger partial charge in [-0.05, 0) is 44.3 Å². The van der Waals surface area contributed by atoms with Crippen LogP contribution in [0.3, 0.4) is 0 Å². The highest BCUT2D eigenvalue weighted by Crippen LogP contribution is 2.15.